The Morgan fingerprint density at radius 1 is 0.939 bits per heavy atom. The van der Waals surface area contributed by atoms with Gasteiger partial charge >= 0.3 is 12.1 Å². The summed E-state index contributed by atoms with van der Waals surface area (Å²) < 4.78 is 5.49. The van der Waals surface area contributed by atoms with E-state index >= 15 is 0 Å². The second-order valence-corrected chi connectivity index (χ2v) is 7.91. The number of carbonyl (C=O) groups excluding carboxylic acids is 2. The molecule has 3 aromatic carbocycles. The van der Waals surface area contributed by atoms with E-state index in [0.29, 0.717) is 0 Å². The second kappa shape index (κ2) is 9.16. The van der Waals surface area contributed by atoms with Crippen molar-refractivity contribution in [1.29, 1.82) is 0 Å². The number of hydrogen-bond acceptors (Lipinski definition) is 4. The molecule has 168 valence electrons. The van der Waals surface area contributed by atoms with Crippen LogP contribution >= 0.6 is 0 Å². The number of fused-ring (bicyclic) bond motifs is 3. The van der Waals surface area contributed by atoms with E-state index in [1.165, 1.54) is 24.9 Å². The second-order valence-electron chi connectivity index (χ2n) is 7.91. The lowest BCUT2D eigenvalue weighted by Gasteiger charge is -2.23. The summed E-state index contributed by atoms with van der Waals surface area (Å²) in [7, 11) is 1.47. The lowest BCUT2D eigenvalue weighted by molar-refractivity contribution is -0.119. The minimum absolute atomic E-state index is 0.00157. The maximum absolute atomic E-state index is 12.8. The number of carboxylic acid groups (broad SMARTS) is 1. The third-order valence-corrected chi connectivity index (χ3v) is 5.87. The molecule has 0 saturated heterocycles. The van der Waals surface area contributed by atoms with Gasteiger partial charge in [0, 0.05) is 13.0 Å². The summed E-state index contributed by atoms with van der Waals surface area (Å²) in [4.78, 5) is 38.0. The minimum atomic E-state index is -1.14. The van der Waals surface area contributed by atoms with Gasteiger partial charge in [-0.25, -0.2) is 9.59 Å². The van der Waals surface area contributed by atoms with E-state index in [4.69, 9.17) is 4.74 Å². The molecule has 0 spiro atoms. The standard InChI is InChI=1S/C26H24N2O5/c1-16(24(29)28(2)23-14-8-7-13-21(23)25(30)31)27-26(32)33-15-22-19-11-5-3-9-17(19)18-10-4-6-12-20(18)22/h3-14,16,22H,15H2,1-2H3,(H,27,32)(H,30,31). The molecule has 0 bridgehead atoms. The Balaban J connectivity index is 1.41. The summed E-state index contributed by atoms with van der Waals surface area (Å²) in [5.74, 6) is -1.68. The topological polar surface area (TPSA) is 95.9 Å². The quantitative estimate of drug-likeness (QED) is 0.592. The van der Waals surface area contributed by atoms with E-state index in [1.807, 2.05) is 36.4 Å². The van der Waals surface area contributed by atoms with Crippen molar-refractivity contribution in [1.82, 2.24) is 5.32 Å². The molecule has 0 fully saturated rings. The molecule has 0 aliphatic heterocycles. The number of ether oxygens (including phenoxy) is 1. The first-order valence-electron chi connectivity index (χ1n) is 10.6. The van der Waals surface area contributed by atoms with E-state index in [0.717, 1.165) is 22.3 Å². The van der Waals surface area contributed by atoms with Gasteiger partial charge in [-0.1, -0.05) is 60.7 Å². The average molecular weight is 444 g/mol. The number of nitrogens with zero attached hydrogens (tertiary/aromatic N) is 1. The summed E-state index contributed by atoms with van der Waals surface area (Å²) in [5, 5.41) is 11.9. The first kappa shape index (κ1) is 22.1. The molecule has 1 aliphatic carbocycles. The van der Waals surface area contributed by atoms with Crippen LogP contribution in [-0.4, -0.2) is 42.8 Å². The zero-order valence-corrected chi connectivity index (χ0v) is 18.3. The highest BCUT2D eigenvalue weighted by molar-refractivity contribution is 6.03. The molecule has 1 atom stereocenters. The normalized spacial score (nSPS) is 12.9. The van der Waals surface area contributed by atoms with Gasteiger partial charge in [0.2, 0.25) is 5.91 Å². The predicted molar refractivity (Wildman–Crippen MR) is 124 cm³/mol. The van der Waals surface area contributed by atoms with Crippen LogP contribution in [0.4, 0.5) is 10.5 Å². The van der Waals surface area contributed by atoms with Crippen LogP contribution in [0.2, 0.25) is 0 Å². The first-order chi connectivity index (χ1) is 15.9. The van der Waals surface area contributed by atoms with Crippen LogP contribution in [0.1, 0.15) is 34.3 Å². The Kier molecular flexibility index (Phi) is 6.13. The predicted octanol–water partition coefficient (Wildman–Crippen LogP) is 4.27. The Labute approximate surface area is 191 Å². The number of carboxylic acids is 1. The molecule has 0 saturated carbocycles. The Hall–Kier alpha value is -4.13. The molecule has 3 aromatic rings. The van der Waals surface area contributed by atoms with Crippen molar-refractivity contribution in [3.8, 4) is 11.1 Å². The summed E-state index contributed by atoms with van der Waals surface area (Å²) in [5.41, 5.74) is 4.70. The number of anilines is 1. The lowest BCUT2D eigenvalue weighted by atomic mass is 9.98. The van der Waals surface area contributed by atoms with E-state index in [-0.39, 0.29) is 23.8 Å². The highest BCUT2D eigenvalue weighted by atomic mass is 16.5. The largest absolute Gasteiger partial charge is 0.478 e. The molecular weight excluding hydrogens is 420 g/mol. The molecule has 2 N–H and O–H groups in total. The van der Waals surface area contributed by atoms with E-state index < -0.39 is 24.0 Å². The number of amides is 2. The molecule has 0 heterocycles. The molecule has 0 radical (unpaired) electrons. The van der Waals surface area contributed by atoms with Crippen LogP contribution in [-0.2, 0) is 9.53 Å². The summed E-state index contributed by atoms with van der Waals surface area (Å²) in [6, 6.07) is 21.4. The van der Waals surface area contributed by atoms with Crippen LogP contribution in [0, 0.1) is 0 Å². The summed E-state index contributed by atoms with van der Waals surface area (Å²) >= 11 is 0. The van der Waals surface area contributed by atoms with E-state index in [2.05, 4.69) is 17.4 Å². The van der Waals surface area contributed by atoms with Crippen molar-refractivity contribution in [3.05, 3.63) is 89.5 Å². The van der Waals surface area contributed by atoms with Crippen molar-refractivity contribution in [2.75, 3.05) is 18.6 Å². The molecule has 33 heavy (non-hydrogen) atoms. The Morgan fingerprint density at radius 2 is 1.48 bits per heavy atom. The molecule has 1 aliphatic rings. The summed E-state index contributed by atoms with van der Waals surface area (Å²) in [6.45, 7) is 1.67. The monoisotopic (exact) mass is 444 g/mol. The van der Waals surface area contributed by atoms with Crippen LogP contribution in [0.3, 0.4) is 0 Å². The first-order valence-corrected chi connectivity index (χ1v) is 10.6. The fourth-order valence-electron chi connectivity index (χ4n) is 4.23. The van der Waals surface area contributed by atoms with Crippen molar-refractivity contribution in [2.45, 2.75) is 18.9 Å². The van der Waals surface area contributed by atoms with Crippen molar-refractivity contribution >= 4 is 23.7 Å². The third kappa shape index (κ3) is 4.30. The summed E-state index contributed by atoms with van der Waals surface area (Å²) in [6.07, 6.45) is -0.711. The minimum Gasteiger partial charge on any atom is -0.478 e. The smallest absolute Gasteiger partial charge is 0.407 e. The molecule has 4 rings (SSSR count). The highest BCUT2D eigenvalue weighted by Gasteiger charge is 2.30. The van der Waals surface area contributed by atoms with Gasteiger partial charge in [0.05, 0.1) is 11.3 Å². The Morgan fingerprint density at radius 3 is 2.09 bits per heavy atom. The number of carbonyl (C=O) groups is 3. The Bertz CT molecular complexity index is 1180. The number of hydrogen-bond donors (Lipinski definition) is 2. The fourth-order valence-corrected chi connectivity index (χ4v) is 4.23. The maximum Gasteiger partial charge on any atom is 0.407 e. The number of likely N-dealkylation sites (N-methyl/N-ethyl adjacent to an activating group) is 1. The maximum atomic E-state index is 12.8. The average Bonchev–Trinajstić information content (AvgIpc) is 3.15. The van der Waals surface area contributed by atoms with Crippen molar-refractivity contribution < 1.29 is 24.2 Å². The van der Waals surface area contributed by atoms with Gasteiger partial charge in [0.15, 0.2) is 0 Å². The highest BCUT2D eigenvalue weighted by Crippen LogP contribution is 2.44. The van der Waals surface area contributed by atoms with Crippen LogP contribution in [0.5, 0.6) is 0 Å². The SMILES string of the molecule is CC(NC(=O)OCC1c2ccccc2-c2ccccc21)C(=O)N(C)c1ccccc1C(=O)O. The van der Waals surface area contributed by atoms with E-state index in [1.54, 1.807) is 18.2 Å². The molecule has 2 amide bonds. The number of nitrogens with one attached hydrogen (secondary N) is 1. The van der Waals surface area contributed by atoms with Crippen molar-refractivity contribution in [3.63, 3.8) is 0 Å². The molecular formula is C26H24N2O5. The lowest BCUT2D eigenvalue weighted by Crippen LogP contribution is -2.46. The van der Waals surface area contributed by atoms with Gasteiger partial charge in [0.1, 0.15) is 12.6 Å². The zero-order valence-electron chi connectivity index (χ0n) is 18.3. The number of rotatable bonds is 6. The van der Waals surface area contributed by atoms with E-state index in [9.17, 15) is 19.5 Å². The fraction of sp³-hybridized carbons (Fsp3) is 0.192. The number of para-hydroxylation sites is 1. The number of alkyl carbamates (subject to hydrolysis) is 1. The van der Waals surface area contributed by atoms with Crippen LogP contribution in [0.25, 0.3) is 11.1 Å². The van der Waals surface area contributed by atoms with Gasteiger partial charge in [0.25, 0.3) is 0 Å². The third-order valence-electron chi connectivity index (χ3n) is 5.87. The van der Waals surface area contributed by atoms with Crippen LogP contribution < -0.4 is 10.2 Å². The number of benzene rings is 3. The van der Waals surface area contributed by atoms with Gasteiger partial charge in [-0.05, 0) is 41.3 Å². The molecule has 0 aromatic heterocycles. The zero-order chi connectivity index (χ0) is 23.5. The van der Waals surface area contributed by atoms with Crippen LogP contribution in [0.15, 0.2) is 72.8 Å². The van der Waals surface area contributed by atoms with Gasteiger partial charge in [-0.3, -0.25) is 4.79 Å². The van der Waals surface area contributed by atoms with Gasteiger partial charge < -0.3 is 20.1 Å². The molecule has 7 nitrogen and oxygen atoms in total. The van der Waals surface area contributed by atoms with Gasteiger partial charge in [-0.2, -0.15) is 0 Å². The number of aromatic carboxylic acids is 1. The molecule has 7 heteroatoms. The van der Waals surface area contributed by atoms with Crippen molar-refractivity contribution in [2.24, 2.45) is 0 Å². The van der Waals surface area contributed by atoms with Gasteiger partial charge in [-0.15, -0.1) is 0 Å². The molecule has 1 unspecified atom stereocenters.